The molecular weight excluding hydrogens is 210 g/mol. The molecule has 1 N–H and O–H groups in total. The predicted molar refractivity (Wildman–Crippen MR) is 73.4 cm³/mol. The summed E-state index contributed by atoms with van der Waals surface area (Å²) in [6, 6.07) is 8.75. The molecule has 2 nitrogen and oxygen atoms in total. The Balaban J connectivity index is 2.38. The van der Waals surface area contributed by atoms with Crippen LogP contribution in [-0.2, 0) is 6.42 Å². The molecule has 0 aliphatic rings. The van der Waals surface area contributed by atoms with Gasteiger partial charge in [-0.15, -0.1) is 0 Å². The Morgan fingerprint density at radius 1 is 1.00 bits per heavy atom. The zero-order chi connectivity index (χ0) is 12.8. The van der Waals surface area contributed by atoms with Crippen molar-refractivity contribution in [1.29, 1.82) is 0 Å². The average Bonchev–Trinajstić information content (AvgIpc) is 2.25. The molecular formula is C15H25NO. The van der Waals surface area contributed by atoms with E-state index in [2.05, 4.69) is 32.6 Å². The number of hydrogen-bond donors (Lipinski definition) is 1. The molecule has 0 saturated heterocycles. The number of benzene rings is 1. The molecule has 1 aromatic rings. The van der Waals surface area contributed by atoms with Crippen LogP contribution in [0.15, 0.2) is 24.3 Å². The molecule has 0 heterocycles. The Morgan fingerprint density at radius 2 is 1.53 bits per heavy atom. The fourth-order valence-corrected chi connectivity index (χ4v) is 2.24. The number of aryl methyl sites for hydroxylation is 1. The van der Waals surface area contributed by atoms with Gasteiger partial charge in [-0.05, 0) is 64.8 Å². The lowest BCUT2D eigenvalue weighted by molar-refractivity contribution is 0.173. The van der Waals surface area contributed by atoms with Crippen molar-refractivity contribution in [2.45, 2.75) is 52.6 Å². The fourth-order valence-electron chi connectivity index (χ4n) is 2.24. The third kappa shape index (κ3) is 4.78. The van der Waals surface area contributed by atoms with E-state index in [1.807, 2.05) is 12.1 Å². The van der Waals surface area contributed by atoms with Crippen LogP contribution in [0.1, 0.15) is 39.7 Å². The number of nitrogens with zero attached hydrogens (tertiary/aromatic N) is 1. The Hall–Kier alpha value is -1.02. The van der Waals surface area contributed by atoms with Crippen LogP contribution >= 0.6 is 0 Å². The first-order valence-corrected chi connectivity index (χ1v) is 6.54. The van der Waals surface area contributed by atoms with Crippen LogP contribution in [0.2, 0.25) is 0 Å². The summed E-state index contributed by atoms with van der Waals surface area (Å²) in [5, 5.41) is 9.21. The summed E-state index contributed by atoms with van der Waals surface area (Å²) < 4.78 is 0. The summed E-state index contributed by atoms with van der Waals surface area (Å²) in [7, 11) is 0. The van der Waals surface area contributed by atoms with Crippen LogP contribution in [0.4, 0.5) is 0 Å². The third-order valence-corrected chi connectivity index (χ3v) is 3.14. The Kier molecular flexibility index (Phi) is 5.49. The van der Waals surface area contributed by atoms with E-state index < -0.39 is 0 Å². The molecule has 0 radical (unpaired) electrons. The van der Waals surface area contributed by atoms with E-state index in [4.69, 9.17) is 0 Å². The van der Waals surface area contributed by atoms with Gasteiger partial charge in [-0.25, -0.2) is 0 Å². The van der Waals surface area contributed by atoms with E-state index in [1.165, 1.54) is 12.0 Å². The van der Waals surface area contributed by atoms with E-state index in [1.54, 1.807) is 12.1 Å². The van der Waals surface area contributed by atoms with Crippen molar-refractivity contribution < 1.29 is 5.11 Å². The maximum atomic E-state index is 9.21. The number of rotatable bonds is 6. The van der Waals surface area contributed by atoms with Crippen LogP contribution in [0.3, 0.4) is 0 Å². The smallest absolute Gasteiger partial charge is 0.115 e. The van der Waals surface area contributed by atoms with Gasteiger partial charge in [0.25, 0.3) is 0 Å². The van der Waals surface area contributed by atoms with E-state index in [0.29, 0.717) is 17.8 Å². The largest absolute Gasteiger partial charge is 0.508 e. The van der Waals surface area contributed by atoms with Crippen molar-refractivity contribution in [1.82, 2.24) is 4.90 Å². The molecule has 0 unspecified atom stereocenters. The predicted octanol–water partition coefficient (Wildman–Crippen LogP) is 3.44. The van der Waals surface area contributed by atoms with Crippen LogP contribution < -0.4 is 0 Å². The van der Waals surface area contributed by atoms with Crippen molar-refractivity contribution in [2.75, 3.05) is 6.54 Å². The lowest BCUT2D eigenvalue weighted by Crippen LogP contribution is -2.37. The maximum absolute atomic E-state index is 9.21. The molecule has 0 saturated carbocycles. The monoisotopic (exact) mass is 235 g/mol. The van der Waals surface area contributed by atoms with Crippen molar-refractivity contribution in [2.24, 2.45) is 0 Å². The minimum absolute atomic E-state index is 0.347. The summed E-state index contributed by atoms with van der Waals surface area (Å²) in [5.74, 6) is 0.347. The second kappa shape index (κ2) is 6.65. The summed E-state index contributed by atoms with van der Waals surface area (Å²) >= 11 is 0. The molecule has 1 aromatic carbocycles. The molecule has 0 fully saturated rings. The topological polar surface area (TPSA) is 23.5 Å². The quantitative estimate of drug-likeness (QED) is 0.816. The molecule has 17 heavy (non-hydrogen) atoms. The van der Waals surface area contributed by atoms with Crippen molar-refractivity contribution in [3.8, 4) is 5.75 Å². The Bertz CT molecular complexity index is 308. The molecule has 0 bridgehead atoms. The van der Waals surface area contributed by atoms with Crippen LogP contribution in [0.25, 0.3) is 0 Å². The highest BCUT2D eigenvalue weighted by Crippen LogP contribution is 2.12. The molecule has 2 heteroatoms. The highest BCUT2D eigenvalue weighted by Gasteiger charge is 2.12. The highest BCUT2D eigenvalue weighted by molar-refractivity contribution is 5.25. The van der Waals surface area contributed by atoms with E-state index in [-0.39, 0.29) is 0 Å². The normalized spacial score (nSPS) is 11.7. The van der Waals surface area contributed by atoms with Crippen molar-refractivity contribution >= 4 is 0 Å². The second-order valence-corrected chi connectivity index (χ2v) is 5.20. The Labute approximate surface area is 105 Å². The number of phenolic OH excluding ortho intramolecular Hbond substituents is 1. The summed E-state index contributed by atoms with van der Waals surface area (Å²) in [6.07, 6.45) is 2.25. The summed E-state index contributed by atoms with van der Waals surface area (Å²) in [4.78, 5) is 2.51. The van der Waals surface area contributed by atoms with Gasteiger partial charge in [0.1, 0.15) is 5.75 Å². The summed E-state index contributed by atoms with van der Waals surface area (Å²) in [6.45, 7) is 10.1. The van der Waals surface area contributed by atoms with Gasteiger partial charge in [-0.3, -0.25) is 4.90 Å². The average molecular weight is 235 g/mol. The lowest BCUT2D eigenvalue weighted by Gasteiger charge is -2.30. The van der Waals surface area contributed by atoms with Crippen molar-refractivity contribution in [3.63, 3.8) is 0 Å². The second-order valence-electron chi connectivity index (χ2n) is 5.20. The third-order valence-electron chi connectivity index (χ3n) is 3.14. The first-order valence-electron chi connectivity index (χ1n) is 6.54. The SMILES string of the molecule is CC(C)N(CCCc1ccc(O)cc1)C(C)C. The molecule has 0 aromatic heterocycles. The Morgan fingerprint density at radius 3 is 2.00 bits per heavy atom. The molecule has 0 aliphatic carbocycles. The van der Waals surface area contributed by atoms with Crippen LogP contribution in [-0.4, -0.2) is 28.6 Å². The number of aromatic hydroxyl groups is 1. The van der Waals surface area contributed by atoms with Gasteiger partial charge in [0.2, 0.25) is 0 Å². The minimum Gasteiger partial charge on any atom is -0.508 e. The first-order chi connectivity index (χ1) is 8.00. The van der Waals surface area contributed by atoms with Gasteiger partial charge < -0.3 is 5.11 Å². The molecule has 0 aliphatic heterocycles. The van der Waals surface area contributed by atoms with Crippen LogP contribution in [0.5, 0.6) is 5.75 Å². The standard InChI is InChI=1S/C15H25NO/c1-12(2)16(13(3)4)11-5-6-14-7-9-15(17)10-8-14/h7-10,12-13,17H,5-6,11H2,1-4H3. The van der Waals surface area contributed by atoms with Gasteiger partial charge in [0.05, 0.1) is 0 Å². The molecule has 0 amide bonds. The van der Waals surface area contributed by atoms with Gasteiger partial charge >= 0.3 is 0 Å². The molecule has 96 valence electrons. The van der Waals surface area contributed by atoms with Gasteiger partial charge in [-0.2, -0.15) is 0 Å². The number of phenols is 1. The lowest BCUT2D eigenvalue weighted by atomic mass is 10.1. The first kappa shape index (κ1) is 14.0. The molecule has 1 rings (SSSR count). The van der Waals surface area contributed by atoms with Gasteiger partial charge in [-0.1, -0.05) is 12.1 Å². The zero-order valence-electron chi connectivity index (χ0n) is 11.5. The minimum atomic E-state index is 0.347. The van der Waals surface area contributed by atoms with Gasteiger partial charge in [0.15, 0.2) is 0 Å². The van der Waals surface area contributed by atoms with E-state index in [9.17, 15) is 5.11 Å². The van der Waals surface area contributed by atoms with E-state index in [0.717, 1.165) is 13.0 Å². The van der Waals surface area contributed by atoms with Gasteiger partial charge in [0, 0.05) is 12.1 Å². The van der Waals surface area contributed by atoms with Crippen LogP contribution in [0, 0.1) is 0 Å². The molecule has 0 spiro atoms. The maximum Gasteiger partial charge on any atom is 0.115 e. The fraction of sp³-hybridized carbons (Fsp3) is 0.600. The highest BCUT2D eigenvalue weighted by atomic mass is 16.3. The van der Waals surface area contributed by atoms with E-state index >= 15 is 0 Å². The molecule has 0 atom stereocenters. The summed E-state index contributed by atoms with van der Waals surface area (Å²) in [5.41, 5.74) is 1.30. The zero-order valence-corrected chi connectivity index (χ0v) is 11.5. The van der Waals surface area contributed by atoms with Crippen molar-refractivity contribution in [3.05, 3.63) is 29.8 Å². The number of hydrogen-bond acceptors (Lipinski definition) is 2.